The number of rotatable bonds is 6. The summed E-state index contributed by atoms with van der Waals surface area (Å²) in [4.78, 5) is 3.95. The Labute approximate surface area is 172 Å². The van der Waals surface area contributed by atoms with Crippen LogP contribution in [0.15, 0.2) is 55.1 Å². The Morgan fingerprint density at radius 2 is 1.70 bits per heavy atom. The molecule has 2 aromatic carbocycles. The van der Waals surface area contributed by atoms with Gasteiger partial charge in [-0.25, -0.2) is 9.67 Å². The quantitative estimate of drug-likeness (QED) is 0.603. The third kappa shape index (κ3) is 4.22. The molecule has 1 unspecified atom stereocenters. The fraction of sp³-hybridized carbons (Fsp3) is 0.263. The van der Waals surface area contributed by atoms with E-state index in [1.165, 1.54) is 12.7 Å². The van der Waals surface area contributed by atoms with Crippen molar-refractivity contribution in [2.24, 2.45) is 0 Å². The fourth-order valence-corrected chi connectivity index (χ4v) is 3.39. The van der Waals surface area contributed by atoms with Gasteiger partial charge in [-0.15, -0.1) is 0 Å². The second-order valence-electron chi connectivity index (χ2n) is 6.65. The second kappa shape index (κ2) is 7.68. The number of hydrogen-bond donors (Lipinski definition) is 1. The Kier molecular flexibility index (Phi) is 5.68. The van der Waals surface area contributed by atoms with Crippen molar-refractivity contribution in [1.82, 2.24) is 14.8 Å². The monoisotopic (exact) mass is 425 g/mol. The summed E-state index contributed by atoms with van der Waals surface area (Å²) in [6, 6.07) is 11.9. The van der Waals surface area contributed by atoms with Gasteiger partial charge in [-0.1, -0.05) is 46.9 Å². The van der Waals surface area contributed by atoms with E-state index < -0.39 is 11.2 Å². The minimum Gasteiger partial charge on any atom is -0.483 e. The molecule has 0 radical (unpaired) electrons. The molecule has 142 valence electrons. The first kappa shape index (κ1) is 20.0. The first-order valence-corrected chi connectivity index (χ1v) is 9.29. The highest BCUT2D eigenvalue weighted by atomic mass is 35.5. The Bertz CT molecular complexity index is 914. The van der Waals surface area contributed by atoms with E-state index in [9.17, 15) is 5.11 Å². The van der Waals surface area contributed by atoms with Crippen LogP contribution in [-0.4, -0.2) is 25.5 Å². The topological polar surface area (TPSA) is 60.2 Å². The van der Waals surface area contributed by atoms with Gasteiger partial charge in [0.05, 0.1) is 11.6 Å². The third-order valence-corrected chi connectivity index (χ3v) is 5.22. The van der Waals surface area contributed by atoms with Gasteiger partial charge in [0, 0.05) is 10.0 Å². The highest BCUT2D eigenvalue weighted by Crippen LogP contribution is 2.40. The van der Waals surface area contributed by atoms with Gasteiger partial charge in [0.25, 0.3) is 0 Å². The van der Waals surface area contributed by atoms with E-state index in [1.807, 2.05) is 0 Å². The van der Waals surface area contributed by atoms with Crippen LogP contribution in [0, 0.1) is 0 Å². The summed E-state index contributed by atoms with van der Waals surface area (Å²) in [5.41, 5.74) is -1.93. The number of benzene rings is 2. The molecule has 3 rings (SSSR count). The van der Waals surface area contributed by atoms with Crippen molar-refractivity contribution >= 4 is 34.8 Å². The third-order valence-electron chi connectivity index (χ3n) is 4.43. The molecule has 3 aromatic rings. The molecule has 0 aliphatic rings. The fourth-order valence-electron chi connectivity index (χ4n) is 2.82. The molecule has 1 atom stereocenters. The van der Waals surface area contributed by atoms with Crippen LogP contribution in [0.2, 0.25) is 15.1 Å². The molecule has 0 fully saturated rings. The van der Waals surface area contributed by atoms with Crippen LogP contribution in [0.3, 0.4) is 0 Å². The molecule has 0 spiro atoms. The van der Waals surface area contributed by atoms with Gasteiger partial charge in [-0.3, -0.25) is 0 Å². The van der Waals surface area contributed by atoms with E-state index in [0.717, 1.165) is 0 Å². The zero-order valence-electron chi connectivity index (χ0n) is 14.7. The molecule has 0 aliphatic heterocycles. The molecule has 0 saturated carbocycles. The molecule has 1 heterocycles. The van der Waals surface area contributed by atoms with Gasteiger partial charge in [-0.2, -0.15) is 5.10 Å². The summed E-state index contributed by atoms with van der Waals surface area (Å²) in [6.45, 7) is 3.68. The van der Waals surface area contributed by atoms with Crippen LogP contribution in [0.4, 0.5) is 0 Å². The summed E-state index contributed by atoms with van der Waals surface area (Å²) < 4.78 is 7.70. The van der Waals surface area contributed by atoms with Crippen molar-refractivity contribution in [2.75, 3.05) is 0 Å². The molecule has 5 nitrogen and oxygen atoms in total. The minimum atomic E-state index is -1.46. The lowest BCUT2D eigenvalue weighted by molar-refractivity contribution is -0.133. The van der Waals surface area contributed by atoms with Crippen LogP contribution >= 0.6 is 34.8 Å². The average Bonchev–Trinajstić information content (AvgIpc) is 3.10. The van der Waals surface area contributed by atoms with Crippen molar-refractivity contribution in [3.05, 3.63) is 75.8 Å². The number of aliphatic hydroxyl groups is 1. The summed E-state index contributed by atoms with van der Waals surface area (Å²) in [7, 11) is 0. The van der Waals surface area contributed by atoms with Gasteiger partial charge >= 0.3 is 0 Å². The van der Waals surface area contributed by atoms with E-state index in [2.05, 4.69) is 10.1 Å². The van der Waals surface area contributed by atoms with Crippen molar-refractivity contribution in [3.63, 3.8) is 0 Å². The summed E-state index contributed by atoms with van der Waals surface area (Å²) in [6.07, 6.45) is 2.94. The van der Waals surface area contributed by atoms with E-state index >= 15 is 0 Å². The molecular weight excluding hydrogens is 409 g/mol. The Morgan fingerprint density at radius 1 is 1.04 bits per heavy atom. The van der Waals surface area contributed by atoms with E-state index in [4.69, 9.17) is 39.5 Å². The smallest absolute Gasteiger partial charge is 0.148 e. The maximum atomic E-state index is 11.8. The molecular formula is C19H18Cl3N3O2. The summed E-state index contributed by atoms with van der Waals surface area (Å²) in [5, 5.41) is 17.3. The van der Waals surface area contributed by atoms with Crippen LogP contribution in [0.5, 0.6) is 5.75 Å². The van der Waals surface area contributed by atoms with Crippen LogP contribution < -0.4 is 4.74 Å². The van der Waals surface area contributed by atoms with Gasteiger partial charge in [0.1, 0.15) is 29.6 Å². The van der Waals surface area contributed by atoms with Gasteiger partial charge in [0.2, 0.25) is 0 Å². The van der Waals surface area contributed by atoms with Gasteiger partial charge in [-0.05, 0) is 49.7 Å². The van der Waals surface area contributed by atoms with Crippen molar-refractivity contribution in [2.45, 2.75) is 31.6 Å². The Balaban J connectivity index is 2.03. The predicted octanol–water partition coefficient (Wildman–Crippen LogP) is 4.98. The number of nitrogens with zero attached hydrogens (tertiary/aromatic N) is 3. The lowest BCUT2D eigenvalue weighted by atomic mass is 9.79. The normalized spacial score (nSPS) is 14.0. The number of aromatic nitrogens is 3. The zero-order chi connectivity index (χ0) is 19.7. The maximum absolute atomic E-state index is 11.8. The summed E-state index contributed by atoms with van der Waals surface area (Å²) in [5.74, 6) is 0.414. The van der Waals surface area contributed by atoms with Crippen LogP contribution in [0.25, 0.3) is 0 Å². The zero-order valence-corrected chi connectivity index (χ0v) is 17.0. The van der Waals surface area contributed by atoms with Crippen molar-refractivity contribution in [3.8, 4) is 5.75 Å². The molecule has 1 aromatic heterocycles. The molecule has 0 saturated heterocycles. The molecule has 27 heavy (non-hydrogen) atoms. The van der Waals surface area contributed by atoms with Gasteiger partial charge < -0.3 is 9.84 Å². The predicted molar refractivity (Wildman–Crippen MR) is 107 cm³/mol. The van der Waals surface area contributed by atoms with E-state index in [1.54, 1.807) is 61.0 Å². The first-order chi connectivity index (χ1) is 12.7. The number of halogens is 3. The highest BCUT2D eigenvalue weighted by Gasteiger charge is 2.48. The maximum Gasteiger partial charge on any atom is 0.148 e. The lowest BCUT2D eigenvalue weighted by Crippen LogP contribution is -2.54. The summed E-state index contributed by atoms with van der Waals surface area (Å²) >= 11 is 18.2. The molecule has 1 N–H and O–H groups in total. The minimum absolute atomic E-state index is 0.118. The molecule has 0 bridgehead atoms. The second-order valence-corrected chi connectivity index (χ2v) is 7.93. The standard InChI is InChI=1S/C19H18Cl3N3O2/c1-18(2,27-17-8-7-15(21)9-16(17)22)19(26,10-25-12-23-11-24-25)13-3-5-14(20)6-4-13/h3-9,11-12,26H,10H2,1-2H3. The number of ether oxygens (including phenoxy) is 1. The Hall–Kier alpha value is -1.79. The van der Waals surface area contributed by atoms with Gasteiger partial charge in [0.15, 0.2) is 0 Å². The van der Waals surface area contributed by atoms with E-state index in [0.29, 0.717) is 26.4 Å². The van der Waals surface area contributed by atoms with Crippen LogP contribution in [0.1, 0.15) is 19.4 Å². The van der Waals surface area contributed by atoms with Crippen LogP contribution in [-0.2, 0) is 12.1 Å². The molecule has 0 aliphatic carbocycles. The first-order valence-electron chi connectivity index (χ1n) is 8.16. The largest absolute Gasteiger partial charge is 0.483 e. The molecule has 8 heteroatoms. The lowest BCUT2D eigenvalue weighted by Gasteiger charge is -2.43. The average molecular weight is 427 g/mol. The SMILES string of the molecule is CC(C)(Oc1ccc(Cl)cc1Cl)C(O)(Cn1cncn1)c1ccc(Cl)cc1. The number of hydrogen-bond acceptors (Lipinski definition) is 4. The Morgan fingerprint density at radius 3 is 2.30 bits per heavy atom. The van der Waals surface area contributed by atoms with Crippen molar-refractivity contribution in [1.29, 1.82) is 0 Å². The van der Waals surface area contributed by atoms with Crippen molar-refractivity contribution < 1.29 is 9.84 Å². The highest BCUT2D eigenvalue weighted by molar-refractivity contribution is 6.35. The molecule has 0 amide bonds. The van der Waals surface area contributed by atoms with E-state index in [-0.39, 0.29) is 6.54 Å².